The number of hydrogen-bond donors (Lipinski definition) is 0. The van der Waals surface area contributed by atoms with Crippen molar-refractivity contribution in [2.24, 2.45) is 7.05 Å². The summed E-state index contributed by atoms with van der Waals surface area (Å²) in [5.74, 6) is 2.08. The third-order valence-electron chi connectivity index (χ3n) is 4.47. The Morgan fingerprint density at radius 1 is 1.36 bits per heavy atom. The van der Waals surface area contributed by atoms with Gasteiger partial charge in [-0.05, 0) is 31.0 Å². The van der Waals surface area contributed by atoms with Gasteiger partial charge in [0.15, 0.2) is 5.16 Å². The fraction of sp³-hybridized carbons (Fsp3) is 0.444. The Kier molecular flexibility index (Phi) is 5.53. The molecule has 0 spiro atoms. The van der Waals surface area contributed by atoms with Crippen molar-refractivity contribution >= 4 is 17.7 Å². The van der Waals surface area contributed by atoms with Crippen LogP contribution >= 0.6 is 11.8 Å². The molecule has 1 saturated heterocycles. The smallest absolute Gasteiger partial charge is 0.233 e. The van der Waals surface area contributed by atoms with Gasteiger partial charge < -0.3 is 18.9 Å². The van der Waals surface area contributed by atoms with E-state index in [4.69, 9.17) is 9.47 Å². The molecule has 2 aromatic rings. The molecule has 1 aromatic heterocycles. The zero-order valence-corrected chi connectivity index (χ0v) is 15.6. The molecule has 1 aliphatic rings. The lowest BCUT2D eigenvalue weighted by Gasteiger charge is -2.26. The highest BCUT2D eigenvalue weighted by Gasteiger charge is 2.32. The fourth-order valence-electron chi connectivity index (χ4n) is 3.19. The van der Waals surface area contributed by atoms with Gasteiger partial charge in [-0.25, -0.2) is 4.98 Å². The maximum atomic E-state index is 12.8. The summed E-state index contributed by atoms with van der Waals surface area (Å²) in [5, 5.41) is 0.850. The number of thioether (sulfide) groups is 1. The molecule has 1 atom stereocenters. The maximum Gasteiger partial charge on any atom is 0.233 e. The molecule has 3 rings (SSSR count). The number of hydrogen-bond acceptors (Lipinski definition) is 5. The molecule has 0 N–H and O–H groups in total. The van der Waals surface area contributed by atoms with Gasteiger partial charge >= 0.3 is 0 Å². The largest absolute Gasteiger partial charge is 0.497 e. The second kappa shape index (κ2) is 7.82. The summed E-state index contributed by atoms with van der Waals surface area (Å²) in [7, 11) is 5.23. The van der Waals surface area contributed by atoms with Crippen LogP contribution in [0.15, 0.2) is 35.7 Å². The Morgan fingerprint density at radius 3 is 2.88 bits per heavy atom. The third kappa shape index (κ3) is 3.76. The SMILES string of the molecule is COc1ccc(OC)c([C@@H]2CCCN2C(=O)CSc2nccn2C)c1. The lowest BCUT2D eigenvalue weighted by Crippen LogP contribution is -2.32. The lowest BCUT2D eigenvalue weighted by molar-refractivity contribution is -0.129. The molecule has 0 radical (unpaired) electrons. The zero-order valence-electron chi connectivity index (χ0n) is 14.8. The Balaban J connectivity index is 1.76. The van der Waals surface area contributed by atoms with Gasteiger partial charge in [-0.2, -0.15) is 0 Å². The Morgan fingerprint density at radius 2 is 2.20 bits per heavy atom. The zero-order chi connectivity index (χ0) is 17.8. The average molecular weight is 361 g/mol. The lowest BCUT2D eigenvalue weighted by atomic mass is 10.0. The van der Waals surface area contributed by atoms with E-state index in [2.05, 4.69) is 4.98 Å². The summed E-state index contributed by atoms with van der Waals surface area (Å²) in [5.41, 5.74) is 1.01. The predicted molar refractivity (Wildman–Crippen MR) is 97.2 cm³/mol. The molecule has 134 valence electrons. The highest BCUT2D eigenvalue weighted by atomic mass is 32.2. The predicted octanol–water partition coefficient (Wildman–Crippen LogP) is 2.89. The number of amides is 1. The normalized spacial score (nSPS) is 16.9. The molecule has 0 aliphatic carbocycles. The van der Waals surface area contributed by atoms with Crippen molar-refractivity contribution in [1.82, 2.24) is 14.5 Å². The minimum absolute atomic E-state index is 0.0273. The Labute approximate surface area is 152 Å². The molecule has 0 unspecified atom stereocenters. The summed E-state index contributed by atoms with van der Waals surface area (Å²) in [6.07, 6.45) is 5.55. The van der Waals surface area contributed by atoms with Crippen molar-refractivity contribution in [2.75, 3.05) is 26.5 Å². The van der Waals surface area contributed by atoms with Gasteiger partial charge in [-0.1, -0.05) is 11.8 Å². The molecule has 0 saturated carbocycles. The van der Waals surface area contributed by atoms with E-state index < -0.39 is 0 Å². The average Bonchev–Trinajstić information content (AvgIpc) is 3.28. The molecule has 1 aromatic carbocycles. The quantitative estimate of drug-likeness (QED) is 0.741. The van der Waals surface area contributed by atoms with Crippen LogP contribution in [0, 0.1) is 0 Å². The molecule has 0 bridgehead atoms. The van der Waals surface area contributed by atoms with Gasteiger partial charge in [0.2, 0.25) is 5.91 Å². The number of ether oxygens (including phenoxy) is 2. The maximum absolute atomic E-state index is 12.8. The minimum atomic E-state index is 0.0273. The van der Waals surface area contributed by atoms with E-state index >= 15 is 0 Å². The van der Waals surface area contributed by atoms with Gasteiger partial charge in [0.25, 0.3) is 0 Å². The van der Waals surface area contributed by atoms with E-state index in [-0.39, 0.29) is 11.9 Å². The number of aromatic nitrogens is 2. The van der Waals surface area contributed by atoms with Crippen molar-refractivity contribution in [3.8, 4) is 11.5 Å². The number of carbonyl (C=O) groups is 1. The van der Waals surface area contributed by atoms with Gasteiger partial charge in [-0.15, -0.1) is 0 Å². The first-order valence-corrected chi connectivity index (χ1v) is 9.24. The van der Waals surface area contributed by atoms with E-state index in [9.17, 15) is 4.79 Å². The van der Waals surface area contributed by atoms with Crippen LogP contribution in [-0.4, -0.2) is 46.9 Å². The van der Waals surface area contributed by atoms with Crippen LogP contribution in [0.1, 0.15) is 24.4 Å². The second-order valence-corrected chi connectivity index (χ2v) is 6.90. The molecule has 1 aliphatic heterocycles. The van der Waals surface area contributed by atoms with E-state index in [1.807, 2.05) is 40.9 Å². The molecule has 7 heteroatoms. The molecule has 6 nitrogen and oxygen atoms in total. The third-order valence-corrected chi connectivity index (χ3v) is 5.51. The molecular weight excluding hydrogens is 338 g/mol. The number of methoxy groups -OCH3 is 2. The van der Waals surface area contributed by atoms with Crippen molar-refractivity contribution < 1.29 is 14.3 Å². The Hall–Kier alpha value is -2.15. The summed E-state index contributed by atoms with van der Waals surface area (Å²) in [4.78, 5) is 19.0. The van der Waals surface area contributed by atoms with Crippen LogP contribution < -0.4 is 9.47 Å². The van der Waals surface area contributed by atoms with Gasteiger partial charge in [0.1, 0.15) is 11.5 Å². The van der Waals surface area contributed by atoms with Crippen LogP contribution in [0.25, 0.3) is 0 Å². The van der Waals surface area contributed by atoms with E-state index in [0.29, 0.717) is 5.75 Å². The molecule has 25 heavy (non-hydrogen) atoms. The second-order valence-electron chi connectivity index (χ2n) is 5.96. The summed E-state index contributed by atoms with van der Waals surface area (Å²) in [6.45, 7) is 0.769. The van der Waals surface area contributed by atoms with Gasteiger partial charge in [0, 0.05) is 31.5 Å². The standard InChI is InChI=1S/C18H23N3O3S/c1-20-10-8-19-18(20)25-12-17(22)21-9-4-5-15(21)14-11-13(23-2)6-7-16(14)24-3/h6-8,10-11,15H,4-5,9,12H2,1-3H3/t15-/m0/s1. The van der Waals surface area contributed by atoms with Crippen LogP contribution in [0.3, 0.4) is 0 Å². The number of benzene rings is 1. The summed E-state index contributed by atoms with van der Waals surface area (Å²) in [6, 6.07) is 5.78. The first-order chi connectivity index (χ1) is 12.1. The monoisotopic (exact) mass is 361 g/mol. The highest BCUT2D eigenvalue weighted by Crippen LogP contribution is 2.39. The molecular formula is C18H23N3O3S. The number of carbonyl (C=O) groups excluding carboxylic acids is 1. The van der Waals surface area contributed by atoms with Crippen LogP contribution in [0.4, 0.5) is 0 Å². The number of nitrogens with zero attached hydrogens (tertiary/aromatic N) is 3. The first-order valence-electron chi connectivity index (χ1n) is 8.25. The van der Waals surface area contributed by atoms with Crippen LogP contribution in [0.5, 0.6) is 11.5 Å². The number of aryl methyl sites for hydroxylation is 1. The summed E-state index contributed by atoms with van der Waals surface area (Å²) < 4.78 is 12.8. The topological polar surface area (TPSA) is 56.6 Å². The van der Waals surface area contributed by atoms with E-state index in [1.54, 1.807) is 20.4 Å². The first kappa shape index (κ1) is 17.7. The minimum Gasteiger partial charge on any atom is -0.497 e. The molecule has 1 amide bonds. The van der Waals surface area contributed by atoms with E-state index in [1.165, 1.54) is 11.8 Å². The van der Waals surface area contributed by atoms with Gasteiger partial charge in [0.05, 0.1) is 26.0 Å². The fourth-order valence-corrected chi connectivity index (χ4v) is 4.01. The van der Waals surface area contributed by atoms with Crippen molar-refractivity contribution in [3.05, 3.63) is 36.2 Å². The Bertz CT molecular complexity index is 747. The number of rotatable bonds is 6. The van der Waals surface area contributed by atoms with E-state index in [0.717, 1.165) is 41.6 Å². The van der Waals surface area contributed by atoms with Gasteiger partial charge in [-0.3, -0.25) is 4.79 Å². The number of imidazole rings is 1. The molecule has 1 fully saturated rings. The van der Waals surface area contributed by atoms with Crippen LogP contribution in [-0.2, 0) is 11.8 Å². The molecule has 2 heterocycles. The highest BCUT2D eigenvalue weighted by molar-refractivity contribution is 7.99. The summed E-state index contributed by atoms with van der Waals surface area (Å²) >= 11 is 1.47. The van der Waals surface area contributed by atoms with Crippen molar-refractivity contribution in [2.45, 2.75) is 24.0 Å². The van der Waals surface area contributed by atoms with Crippen LogP contribution in [0.2, 0.25) is 0 Å². The van der Waals surface area contributed by atoms with Crippen molar-refractivity contribution in [1.29, 1.82) is 0 Å². The number of likely N-dealkylation sites (tertiary alicyclic amines) is 1. The van der Waals surface area contributed by atoms with Crippen molar-refractivity contribution in [3.63, 3.8) is 0 Å².